The standard InChI is InChI=1S/C15H20N2O4S/c1-16-14(18)12-5-3-11(4-6-12)9-17(2)15(19)13-7-8-22(20,21)10-13/h3-6,13H,7-10H2,1-2H3,(H,16,18)/t13-/m1/s1. The molecule has 1 N–H and O–H groups in total. The molecular weight excluding hydrogens is 304 g/mol. The molecule has 7 heteroatoms. The van der Waals surface area contributed by atoms with Crippen molar-refractivity contribution in [3.05, 3.63) is 35.4 Å². The molecule has 1 aliphatic rings. The minimum absolute atomic E-state index is 0.0498. The van der Waals surface area contributed by atoms with Gasteiger partial charge >= 0.3 is 0 Å². The molecule has 1 aromatic rings. The topological polar surface area (TPSA) is 83.6 Å². The van der Waals surface area contributed by atoms with Crippen LogP contribution in [0.2, 0.25) is 0 Å². The summed E-state index contributed by atoms with van der Waals surface area (Å²) in [6, 6.07) is 6.98. The summed E-state index contributed by atoms with van der Waals surface area (Å²) in [7, 11) is 0.178. The lowest BCUT2D eigenvalue weighted by molar-refractivity contribution is -0.133. The van der Waals surface area contributed by atoms with E-state index in [1.54, 1.807) is 43.3 Å². The lowest BCUT2D eigenvalue weighted by atomic mass is 10.1. The molecule has 1 heterocycles. The van der Waals surface area contributed by atoms with Crippen molar-refractivity contribution in [2.75, 3.05) is 25.6 Å². The number of amides is 2. The minimum Gasteiger partial charge on any atom is -0.355 e. The van der Waals surface area contributed by atoms with Gasteiger partial charge in [0.1, 0.15) is 0 Å². The number of nitrogens with one attached hydrogen (secondary N) is 1. The summed E-state index contributed by atoms with van der Waals surface area (Å²) in [5, 5.41) is 2.54. The number of hydrogen-bond donors (Lipinski definition) is 1. The van der Waals surface area contributed by atoms with Crippen molar-refractivity contribution in [3.8, 4) is 0 Å². The van der Waals surface area contributed by atoms with Crippen LogP contribution in [-0.4, -0.2) is 50.7 Å². The number of nitrogens with zero attached hydrogens (tertiary/aromatic N) is 1. The van der Waals surface area contributed by atoms with Gasteiger partial charge in [-0.05, 0) is 24.1 Å². The second-order valence-corrected chi connectivity index (χ2v) is 7.80. The van der Waals surface area contributed by atoms with Crippen molar-refractivity contribution in [3.63, 3.8) is 0 Å². The van der Waals surface area contributed by atoms with Gasteiger partial charge in [-0.3, -0.25) is 9.59 Å². The van der Waals surface area contributed by atoms with E-state index < -0.39 is 15.8 Å². The van der Waals surface area contributed by atoms with Crippen LogP contribution < -0.4 is 5.32 Å². The van der Waals surface area contributed by atoms with Gasteiger partial charge in [-0.15, -0.1) is 0 Å². The predicted octanol–water partition coefficient (Wildman–Crippen LogP) is 0.439. The first-order valence-corrected chi connectivity index (χ1v) is 8.91. The summed E-state index contributed by atoms with van der Waals surface area (Å²) in [5.74, 6) is -0.687. The maximum atomic E-state index is 12.3. The largest absolute Gasteiger partial charge is 0.355 e. The van der Waals surface area contributed by atoms with Gasteiger partial charge < -0.3 is 10.2 Å². The van der Waals surface area contributed by atoms with E-state index in [9.17, 15) is 18.0 Å². The Labute approximate surface area is 130 Å². The third-order valence-electron chi connectivity index (χ3n) is 3.82. The monoisotopic (exact) mass is 324 g/mol. The van der Waals surface area contributed by atoms with Crippen molar-refractivity contribution >= 4 is 21.7 Å². The molecule has 0 aliphatic carbocycles. The van der Waals surface area contributed by atoms with Gasteiger partial charge in [-0.25, -0.2) is 8.42 Å². The minimum atomic E-state index is -3.06. The fraction of sp³-hybridized carbons (Fsp3) is 0.467. The Morgan fingerprint density at radius 1 is 1.27 bits per heavy atom. The fourth-order valence-electron chi connectivity index (χ4n) is 2.56. The van der Waals surface area contributed by atoms with E-state index in [1.807, 2.05) is 0 Å². The average Bonchev–Trinajstić information content (AvgIpc) is 2.86. The van der Waals surface area contributed by atoms with E-state index in [4.69, 9.17) is 0 Å². The number of carbonyl (C=O) groups is 2. The van der Waals surface area contributed by atoms with Crippen LogP contribution in [0.4, 0.5) is 0 Å². The highest BCUT2D eigenvalue weighted by Gasteiger charge is 2.34. The Hall–Kier alpha value is -1.89. The van der Waals surface area contributed by atoms with Gasteiger partial charge in [-0.1, -0.05) is 12.1 Å². The van der Waals surface area contributed by atoms with Crippen LogP contribution in [0.25, 0.3) is 0 Å². The van der Waals surface area contributed by atoms with Crippen molar-refractivity contribution in [2.24, 2.45) is 5.92 Å². The van der Waals surface area contributed by atoms with Gasteiger partial charge in [0.05, 0.1) is 17.4 Å². The third kappa shape index (κ3) is 3.85. The predicted molar refractivity (Wildman–Crippen MR) is 83.1 cm³/mol. The Morgan fingerprint density at radius 3 is 2.41 bits per heavy atom. The van der Waals surface area contributed by atoms with Crippen LogP contribution in [0.3, 0.4) is 0 Å². The molecule has 0 aromatic heterocycles. The molecule has 2 amide bonds. The molecular formula is C15H20N2O4S. The maximum absolute atomic E-state index is 12.3. The third-order valence-corrected chi connectivity index (χ3v) is 5.59. The van der Waals surface area contributed by atoms with Crippen LogP contribution >= 0.6 is 0 Å². The van der Waals surface area contributed by atoms with Gasteiger partial charge in [-0.2, -0.15) is 0 Å². The SMILES string of the molecule is CNC(=O)c1ccc(CN(C)C(=O)[C@@H]2CCS(=O)(=O)C2)cc1. The van der Waals surface area contributed by atoms with E-state index >= 15 is 0 Å². The van der Waals surface area contributed by atoms with Crippen molar-refractivity contribution in [1.82, 2.24) is 10.2 Å². The highest BCUT2D eigenvalue weighted by Crippen LogP contribution is 2.21. The van der Waals surface area contributed by atoms with Crippen LogP contribution in [0.5, 0.6) is 0 Å². The van der Waals surface area contributed by atoms with Gasteiger partial charge in [0, 0.05) is 26.2 Å². The number of benzene rings is 1. The molecule has 0 unspecified atom stereocenters. The molecule has 0 bridgehead atoms. The summed E-state index contributed by atoms with van der Waals surface area (Å²) in [6.45, 7) is 0.392. The Morgan fingerprint density at radius 2 is 1.91 bits per heavy atom. The molecule has 0 saturated carbocycles. The zero-order chi connectivity index (χ0) is 16.3. The van der Waals surface area contributed by atoms with Crippen molar-refractivity contribution in [2.45, 2.75) is 13.0 Å². The molecule has 1 aliphatic heterocycles. The van der Waals surface area contributed by atoms with E-state index in [0.717, 1.165) is 5.56 Å². The summed E-state index contributed by atoms with van der Waals surface area (Å²) in [6.07, 6.45) is 0.404. The molecule has 1 aromatic carbocycles. The first kappa shape index (κ1) is 16.5. The summed E-state index contributed by atoms with van der Waals surface area (Å²) in [5.41, 5.74) is 1.45. The molecule has 2 rings (SSSR count). The lowest BCUT2D eigenvalue weighted by Gasteiger charge is -2.20. The second kappa shape index (κ2) is 6.48. The van der Waals surface area contributed by atoms with Gasteiger partial charge in [0.25, 0.3) is 5.91 Å². The molecule has 1 fully saturated rings. The Kier molecular flexibility index (Phi) is 4.85. The lowest BCUT2D eigenvalue weighted by Crippen LogP contribution is -2.33. The molecule has 6 nitrogen and oxygen atoms in total. The first-order chi connectivity index (χ1) is 10.3. The Bertz CT molecular complexity index is 667. The molecule has 1 saturated heterocycles. The van der Waals surface area contributed by atoms with Crippen molar-refractivity contribution in [1.29, 1.82) is 0 Å². The molecule has 0 radical (unpaired) electrons. The van der Waals surface area contributed by atoms with Crippen LogP contribution in [0.1, 0.15) is 22.3 Å². The molecule has 120 valence electrons. The van der Waals surface area contributed by atoms with E-state index in [1.165, 1.54) is 0 Å². The Balaban J connectivity index is 1.98. The number of hydrogen-bond acceptors (Lipinski definition) is 4. The van der Waals surface area contributed by atoms with Crippen LogP contribution in [-0.2, 0) is 21.2 Å². The summed E-state index contributed by atoms with van der Waals surface area (Å²) in [4.78, 5) is 25.3. The van der Waals surface area contributed by atoms with Gasteiger partial charge in [0.15, 0.2) is 9.84 Å². The van der Waals surface area contributed by atoms with E-state index in [-0.39, 0.29) is 23.3 Å². The van der Waals surface area contributed by atoms with E-state index in [2.05, 4.69) is 5.32 Å². The normalized spacial score (nSPS) is 19.6. The summed E-state index contributed by atoms with van der Waals surface area (Å²) >= 11 is 0. The summed E-state index contributed by atoms with van der Waals surface area (Å²) < 4.78 is 22.9. The first-order valence-electron chi connectivity index (χ1n) is 7.09. The number of sulfone groups is 1. The quantitative estimate of drug-likeness (QED) is 0.871. The molecule has 0 spiro atoms. The van der Waals surface area contributed by atoms with E-state index in [0.29, 0.717) is 18.5 Å². The zero-order valence-corrected chi connectivity index (χ0v) is 13.5. The van der Waals surface area contributed by atoms with Crippen molar-refractivity contribution < 1.29 is 18.0 Å². The van der Waals surface area contributed by atoms with Crippen LogP contribution in [0, 0.1) is 5.92 Å². The maximum Gasteiger partial charge on any atom is 0.251 e. The van der Waals surface area contributed by atoms with Gasteiger partial charge in [0.2, 0.25) is 5.91 Å². The second-order valence-electron chi connectivity index (χ2n) is 5.57. The average molecular weight is 324 g/mol. The van der Waals surface area contributed by atoms with Crippen LogP contribution in [0.15, 0.2) is 24.3 Å². The zero-order valence-electron chi connectivity index (χ0n) is 12.7. The highest BCUT2D eigenvalue weighted by atomic mass is 32.2. The number of rotatable bonds is 4. The fourth-order valence-corrected chi connectivity index (χ4v) is 4.29. The molecule has 1 atom stereocenters. The number of carbonyl (C=O) groups excluding carboxylic acids is 2. The smallest absolute Gasteiger partial charge is 0.251 e. The highest BCUT2D eigenvalue weighted by molar-refractivity contribution is 7.91. The molecule has 22 heavy (non-hydrogen) atoms.